The Labute approximate surface area is 126 Å². The molecule has 0 aromatic heterocycles. The molecule has 1 saturated carbocycles. The number of rotatable bonds is 5. The van der Waals surface area contributed by atoms with Gasteiger partial charge in [0.25, 0.3) is 0 Å². The quantitative estimate of drug-likeness (QED) is 0.901. The molecule has 0 spiro atoms. The van der Waals surface area contributed by atoms with Crippen LogP contribution in [-0.2, 0) is 14.8 Å². The van der Waals surface area contributed by atoms with E-state index in [0.29, 0.717) is 5.69 Å². The van der Waals surface area contributed by atoms with Crippen LogP contribution >= 0.6 is 0 Å². The van der Waals surface area contributed by atoms with Crippen molar-refractivity contribution in [3.8, 4) is 0 Å². The highest BCUT2D eigenvalue weighted by Crippen LogP contribution is 2.27. The molecule has 5 nitrogen and oxygen atoms in total. The molecule has 1 N–H and O–H groups in total. The number of nitrogens with one attached hydrogen (secondary N) is 1. The molecule has 0 saturated heterocycles. The minimum absolute atomic E-state index is 0.208. The number of sulfonamides is 1. The maximum absolute atomic E-state index is 12.2. The van der Waals surface area contributed by atoms with E-state index in [0.717, 1.165) is 30.2 Å². The van der Waals surface area contributed by atoms with Crippen LogP contribution in [0.2, 0.25) is 0 Å². The van der Waals surface area contributed by atoms with Crippen LogP contribution in [0.3, 0.4) is 0 Å². The molecule has 0 radical (unpaired) electrons. The fourth-order valence-corrected chi connectivity index (χ4v) is 3.51. The van der Waals surface area contributed by atoms with Gasteiger partial charge in [0.15, 0.2) is 0 Å². The summed E-state index contributed by atoms with van der Waals surface area (Å²) < 4.78 is 25.6. The summed E-state index contributed by atoms with van der Waals surface area (Å²) in [5.74, 6) is -0.246. The van der Waals surface area contributed by atoms with Crippen molar-refractivity contribution < 1.29 is 13.2 Å². The zero-order chi connectivity index (χ0) is 15.8. The van der Waals surface area contributed by atoms with Crippen molar-refractivity contribution in [1.82, 2.24) is 5.32 Å². The monoisotopic (exact) mass is 310 g/mol. The molecule has 2 rings (SSSR count). The van der Waals surface area contributed by atoms with Gasteiger partial charge in [-0.1, -0.05) is 12.1 Å². The SMILES string of the molecule is Cc1ccc(C)c(N([C@@H](C)C(=O)NC2CC2)S(C)(=O)=O)c1. The minimum Gasteiger partial charge on any atom is -0.352 e. The Balaban J connectivity index is 2.38. The molecule has 6 heteroatoms. The third-order valence-electron chi connectivity index (χ3n) is 3.61. The summed E-state index contributed by atoms with van der Waals surface area (Å²) in [4.78, 5) is 12.2. The van der Waals surface area contributed by atoms with Crippen LogP contribution in [-0.4, -0.2) is 32.7 Å². The van der Waals surface area contributed by atoms with Gasteiger partial charge in [-0.05, 0) is 50.8 Å². The number of nitrogens with zero attached hydrogens (tertiary/aromatic N) is 1. The van der Waals surface area contributed by atoms with E-state index in [1.54, 1.807) is 13.0 Å². The number of aryl methyl sites for hydroxylation is 2. The summed E-state index contributed by atoms with van der Waals surface area (Å²) in [5, 5.41) is 2.86. The molecule has 1 aliphatic rings. The van der Waals surface area contributed by atoms with E-state index < -0.39 is 16.1 Å². The molecule has 1 atom stereocenters. The Morgan fingerprint density at radius 2 is 1.95 bits per heavy atom. The van der Waals surface area contributed by atoms with E-state index in [2.05, 4.69) is 5.32 Å². The van der Waals surface area contributed by atoms with E-state index in [4.69, 9.17) is 0 Å². The molecule has 116 valence electrons. The van der Waals surface area contributed by atoms with Gasteiger partial charge < -0.3 is 5.32 Å². The normalized spacial score (nSPS) is 16.4. The average molecular weight is 310 g/mol. The Kier molecular flexibility index (Phi) is 4.27. The molecule has 1 fully saturated rings. The van der Waals surface area contributed by atoms with Crippen molar-refractivity contribution in [3.63, 3.8) is 0 Å². The molecular formula is C15H22N2O3S. The Morgan fingerprint density at radius 3 is 2.48 bits per heavy atom. The van der Waals surface area contributed by atoms with Gasteiger partial charge in [-0.25, -0.2) is 8.42 Å². The van der Waals surface area contributed by atoms with E-state index in [-0.39, 0.29) is 11.9 Å². The highest BCUT2D eigenvalue weighted by Gasteiger charge is 2.33. The summed E-state index contributed by atoms with van der Waals surface area (Å²) in [7, 11) is -3.54. The number of carbonyl (C=O) groups excluding carboxylic acids is 1. The first-order valence-corrected chi connectivity index (χ1v) is 8.92. The van der Waals surface area contributed by atoms with E-state index >= 15 is 0 Å². The van der Waals surface area contributed by atoms with Gasteiger partial charge in [0, 0.05) is 6.04 Å². The predicted octanol–water partition coefficient (Wildman–Crippen LogP) is 1.74. The van der Waals surface area contributed by atoms with Crippen molar-refractivity contribution in [2.24, 2.45) is 0 Å². The first-order chi connectivity index (χ1) is 9.70. The molecule has 0 bridgehead atoms. The summed E-state index contributed by atoms with van der Waals surface area (Å²) >= 11 is 0. The number of carbonyl (C=O) groups is 1. The van der Waals surface area contributed by atoms with Gasteiger partial charge in [0.05, 0.1) is 11.9 Å². The maximum Gasteiger partial charge on any atom is 0.243 e. The van der Waals surface area contributed by atoms with Crippen molar-refractivity contribution in [2.45, 2.75) is 45.7 Å². The number of hydrogen-bond acceptors (Lipinski definition) is 3. The van der Waals surface area contributed by atoms with Crippen LogP contribution in [0.1, 0.15) is 30.9 Å². The van der Waals surface area contributed by atoms with Gasteiger partial charge in [0.1, 0.15) is 6.04 Å². The highest BCUT2D eigenvalue weighted by atomic mass is 32.2. The predicted molar refractivity (Wildman–Crippen MR) is 83.9 cm³/mol. The molecule has 1 aromatic rings. The lowest BCUT2D eigenvalue weighted by molar-refractivity contribution is -0.121. The van der Waals surface area contributed by atoms with Gasteiger partial charge in [-0.15, -0.1) is 0 Å². The second-order valence-corrected chi connectivity index (χ2v) is 7.67. The summed E-state index contributed by atoms with van der Waals surface area (Å²) in [5.41, 5.74) is 2.35. The second-order valence-electron chi connectivity index (χ2n) is 5.81. The lowest BCUT2D eigenvalue weighted by atomic mass is 10.1. The standard InChI is InChI=1S/C15H22N2O3S/c1-10-5-6-11(2)14(9-10)17(21(4,19)20)12(3)15(18)16-13-7-8-13/h5-6,9,12-13H,7-8H2,1-4H3,(H,16,18)/t12-/m0/s1. The summed E-state index contributed by atoms with van der Waals surface area (Å²) in [6, 6.07) is 5.04. The van der Waals surface area contributed by atoms with Crippen molar-refractivity contribution >= 4 is 21.6 Å². The fraction of sp³-hybridized carbons (Fsp3) is 0.533. The lowest BCUT2D eigenvalue weighted by Gasteiger charge is -2.29. The minimum atomic E-state index is -3.54. The van der Waals surface area contributed by atoms with Crippen LogP contribution < -0.4 is 9.62 Å². The first kappa shape index (κ1) is 15.8. The van der Waals surface area contributed by atoms with E-state index in [1.807, 2.05) is 26.0 Å². The Hall–Kier alpha value is -1.56. The van der Waals surface area contributed by atoms with Crippen LogP contribution in [0, 0.1) is 13.8 Å². The number of hydrogen-bond donors (Lipinski definition) is 1. The first-order valence-electron chi connectivity index (χ1n) is 7.07. The molecule has 1 amide bonds. The smallest absolute Gasteiger partial charge is 0.243 e. The number of benzene rings is 1. The summed E-state index contributed by atoms with van der Waals surface area (Å²) in [6.45, 7) is 5.37. The molecular weight excluding hydrogens is 288 g/mol. The number of amides is 1. The molecule has 0 heterocycles. The number of anilines is 1. The zero-order valence-corrected chi connectivity index (χ0v) is 13.7. The summed E-state index contributed by atoms with van der Waals surface area (Å²) in [6.07, 6.45) is 3.08. The topological polar surface area (TPSA) is 66.5 Å². The van der Waals surface area contributed by atoms with Crippen molar-refractivity contribution in [3.05, 3.63) is 29.3 Å². The molecule has 1 aliphatic carbocycles. The van der Waals surface area contributed by atoms with Crippen LogP contribution in [0.5, 0.6) is 0 Å². The molecule has 21 heavy (non-hydrogen) atoms. The molecule has 0 aliphatic heterocycles. The second kappa shape index (κ2) is 5.67. The van der Waals surface area contributed by atoms with Crippen LogP contribution in [0.25, 0.3) is 0 Å². The van der Waals surface area contributed by atoms with Crippen LogP contribution in [0.4, 0.5) is 5.69 Å². The van der Waals surface area contributed by atoms with E-state index in [9.17, 15) is 13.2 Å². The Bertz CT molecular complexity index is 651. The third-order valence-corrected chi connectivity index (χ3v) is 4.84. The lowest BCUT2D eigenvalue weighted by Crippen LogP contribution is -2.48. The largest absolute Gasteiger partial charge is 0.352 e. The zero-order valence-electron chi connectivity index (χ0n) is 12.9. The fourth-order valence-electron chi connectivity index (χ4n) is 2.29. The average Bonchev–Trinajstić information content (AvgIpc) is 3.16. The molecule has 0 unspecified atom stereocenters. The van der Waals surface area contributed by atoms with Gasteiger partial charge in [0.2, 0.25) is 15.9 Å². The molecule has 1 aromatic carbocycles. The van der Waals surface area contributed by atoms with Crippen molar-refractivity contribution in [2.75, 3.05) is 10.6 Å². The van der Waals surface area contributed by atoms with Gasteiger partial charge >= 0.3 is 0 Å². The van der Waals surface area contributed by atoms with Crippen LogP contribution in [0.15, 0.2) is 18.2 Å². The maximum atomic E-state index is 12.2. The third kappa shape index (κ3) is 3.75. The van der Waals surface area contributed by atoms with Crippen molar-refractivity contribution in [1.29, 1.82) is 0 Å². The van der Waals surface area contributed by atoms with Gasteiger partial charge in [-0.2, -0.15) is 0 Å². The Morgan fingerprint density at radius 1 is 1.33 bits per heavy atom. The van der Waals surface area contributed by atoms with Gasteiger partial charge in [-0.3, -0.25) is 9.10 Å². The van der Waals surface area contributed by atoms with E-state index in [1.165, 1.54) is 4.31 Å². The highest BCUT2D eigenvalue weighted by molar-refractivity contribution is 7.92.